The Morgan fingerprint density at radius 3 is 2.13 bits per heavy atom. The van der Waals surface area contributed by atoms with E-state index in [1.54, 1.807) is 11.9 Å². The average molecular weight is 322 g/mol. The van der Waals surface area contributed by atoms with E-state index in [0.717, 1.165) is 5.70 Å². The third-order valence-electron chi connectivity index (χ3n) is 2.33. The summed E-state index contributed by atoms with van der Waals surface area (Å²) in [5, 5.41) is 6.00. The lowest BCUT2D eigenvalue weighted by Crippen LogP contribution is -2.19. The molecular weight excluding hydrogens is 292 g/mol. The highest BCUT2D eigenvalue weighted by molar-refractivity contribution is 5.82. The first-order valence-electron chi connectivity index (χ1n) is 7.78. The normalized spacial score (nSPS) is 13.9. The molecule has 0 spiro atoms. The van der Waals surface area contributed by atoms with Crippen molar-refractivity contribution < 1.29 is 14.3 Å². The fourth-order valence-electron chi connectivity index (χ4n) is 1.12. The molecule has 0 fully saturated rings. The van der Waals surface area contributed by atoms with Gasteiger partial charge in [0.15, 0.2) is 11.9 Å². The zero-order valence-electron chi connectivity index (χ0n) is 15.4. The standard InChI is InChI=1S/C10H14N2.C6H10O3.C2H6/c1-9(2)8-11-12-7-5-4-6-10(12)3;1-4(7)5(2)9-6(3)8;1-2/h4-9H,3H2,1-2H3;5H,1-3H3;1-2H3/b11-8+;;. The second-order valence-electron chi connectivity index (χ2n) is 4.91. The summed E-state index contributed by atoms with van der Waals surface area (Å²) >= 11 is 0. The van der Waals surface area contributed by atoms with E-state index in [1.165, 1.54) is 13.8 Å². The fraction of sp³-hybridized carbons (Fsp3) is 0.500. The summed E-state index contributed by atoms with van der Waals surface area (Å²) in [6.45, 7) is 16.2. The lowest BCUT2D eigenvalue weighted by atomic mass is 10.2. The van der Waals surface area contributed by atoms with Gasteiger partial charge in [-0.2, -0.15) is 5.10 Å². The molecule has 0 bridgehead atoms. The zero-order chi connectivity index (χ0) is 18.4. The van der Waals surface area contributed by atoms with Crippen LogP contribution in [0.5, 0.6) is 0 Å². The lowest BCUT2D eigenvalue weighted by molar-refractivity contribution is -0.151. The number of hydrogen-bond donors (Lipinski definition) is 0. The molecule has 1 aliphatic heterocycles. The number of nitrogens with zero attached hydrogens (tertiary/aromatic N) is 2. The minimum atomic E-state index is -0.595. The number of allylic oxidation sites excluding steroid dienone is 3. The SMILES string of the molecule is C=C1C=CC=CN1/N=C/C(C)C.CC.CC(=O)OC(C)C(C)=O. The third kappa shape index (κ3) is 13.2. The van der Waals surface area contributed by atoms with Crippen LogP contribution in [-0.2, 0) is 14.3 Å². The van der Waals surface area contributed by atoms with Crippen molar-refractivity contribution in [3.8, 4) is 0 Å². The predicted molar refractivity (Wildman–Crippen MR) is 95.8 cm³/mol. The molecule has 0 radical (unpaired) electrons. The second kappa shape index (κ2) is 13.5. The highest BCUT2D eigenvalue weighted by Gasteiger charge is 2.08. The third-order valence-corrected chi connectivity index (χ3v) is 2.33. The molecule has 0 aliphatic carbocycles. The van der Waals surface area contributed by atoms with E-state index < -0.39 is 12.1 Å². The number of esters is 1. The Kier molecular flexibility index (Phi) is 13.5. The smallest absolute Gasteiger partial charge is 0.303 e. The number of carbonyl (C=O) groups excluding carboxylic acids is 2. The van der Waals surface area contributed by atoms with Crippen molar-refractivity contribution in [3.05, 3.63) is 36.7 Å². The van der Waals surface area contributed by atoms with Crippen LogP contribution in [0.1, 0.15) is 48.5 Å². The molecule has 5 heteroatoms. The molecule has 1 atom stereocenters. The van der Waals surface area contributed by atoms with Crippen molar-refractivity contribution in [2.24, 2.45) is 11.0 Å². The highest BCUT2D eigenvalue weighted by Crippen LogP contribution is 2.09. The molecule has 23 heavy (non-hydrogen) atoms. The number of ketones is 1. The Bertz CT molecular complexity index is 463. The monoisotopic (exact) mass is 322 g/mol. The van der Waals surface area contributed by atoms with Gasteiger partial charge >= 0.3 is 5.97 Å². The number of hydrogen-bond acceptors (Lipinski definition) is 5. The van der Waals surface area contributed by atoms with Gasteiger partial charge < -0.3 is 4.74 Å². The Morgan fingerprint density at radius 1 is 1.22 bits per heavy atom. The maximum Gasteiger partial charge on any atom is 0.303 e. The average Bonchev–Trinajstić information content (AvgIpc) is 2.48. The summed E-state index contributed by atoms with van der Waals surface area (Å²) < 4.78 is 4.52. The van der Waals surface area contributed by atoms with E-state index in [9.17, 15) is 9.59 Å². The minimum absolute atomic E-state index is 0.134. The number of ether oxygens (including phenoxy) is 1. The van der Waals surface area contributed by atoms with E-state index in [2.05, 4.69) is 30.3 Å². The molecule has 0 N–H and O–H groups in total. The number of Topliss-reactive ketones (excluding diaryl/α,β-unsaturated/α-hetero) is 1. The molecule has 0 aromatic rings. The Morgan fingerprint density at radius 2 is 1.78 bits per heavy atom. The summed E-state index contributed by atoms with van der Waals surface area (Å²) in [6, 6.07) is 0. The van der Waals surface area contributed by atoms with E-state index in [0.29, 0.717) is 5.92 Å². The first-order valence-corrected chi connectivity index (χ1v) is 7.78. The van der Waals surface area contributed by atoms with E-state index in [4.69, 9.17) is 0 Å². The van der Waals surface area contributed by atoms with Crippen LogP contribution in [0, 0.1) is 5.92 Å². The van der Waals surface area contributed by atoms with Crippen molar-refractivity contribution in [3.63, 3.8) is 0 Å². The van der Waals surface area contributed by atoms with Gasteiger partial charge in [0.1, 0.15) is 0 Å². The van der Waals surface area contributed by atoms with Crippen LogP contribution in [-0.4, -0.2) is 29.1 Å². The second-order valence-corrected chi connectivity index (χ2v) is 4.91. The highest BCUT2D eigenvalue weighted by atomic mass is 16.5. The van der Waals surface area contributed by atoms with Crippen LogP contribution in [0.25, 0.3) is 0 Å². The van der Waals surface area contributed by atoms with Crippen molar-refractivity contribution in [2.75, 3.05) is 0 Å². The maximum atomic E-state index is 10.4. The van der Waals surface area contributed by atoms with E-state index in [1.807, 2.05) is 44.5 Å². The van der Waals surface area contributed by atoms with Gasteiger partial charge in [0.2, 0.25) is 0 Å². The molecule has 1 heterocycles. The molecule has 5 nitrogen and oxygen atoms in total. The summed E-state index contributed by atoms with van der Waals surface area (Å²) in [4.78, 5) is 20.6. The number of rotatable bonds is 4. The van der Waals surface area contributed by atoms with Crippen molar-refractivity contribution in [1.82, 2.24) is 5.01 Å². The zero-order valence-corrected chi connectivity index (χ0v) is 15.4. The van der Waals surface area contributed by atoms with Gasteiger partial charge in [-0.15, -0.1) is 0 Å². The topological polar surface area (TPSA) is 59.0 Å². The molecule has 0 aromatic carbocycles. The van der Waals surface area contributed by atoms with Gasteiger partial charge in [-0.3, -0.25) is 9.59 Å². The first-order chi connectivity index (χ1) is 10.7. The van der Waals surface area contributed by atoms with Gasteiger partial charge in [0.25, 0.3) is 0 Å². The van der Waals surface area contributed by atoms with Gasteiger partial charge in [-0.25, -0.2) is 5.01 Å². The molecule has 1 rings (SSSR count). The summed E-state index contributed by atoms with van der Waals surface area (Å²) in [7, 11) is 0. The largest absolute Gasteiger partial charge is 0.455 e. The number of hydrazone groups is 1. The molecular formula is C18H30N2O3. The summed E-state index contributed by atoms with van der Waals surface area (Å²) in [6.07, 6.45) is 9.01. The van der Waals surface area contributed by atoms with Gasteiger partial charge in [0, 0.05) is 19.3 Å². The van der Waals surface area contributed by atoms with Gasteiger partial charge in [-0.1, -0.05) is 40.3 Å². The lowest BCUT2D eigenvalue weighted by Gasteiger charge is -2.16. The molecule has 130 valence electrons. The molecule has 0 saturated heterocycles. The van der Waals surface area contributed by atoms with Crippen molar-refractivity contribution in [2.45, 2.75) is 54.6 Å². The quantitative estimate of drug-likeness (QED) is 0.578. The van der Waals surface area contributed by atoms with Gasteiger partial charge in [0.05, 0.1) is 5.70 Å². The first kappa shape index (κ1) is 23.1. The van der Waals surface area contributed by atoms with Gasteiger partial charge in [-0.05, 0) is 31.9 Å². The van der Waals surface area contributed by atoms with Crippen molar-refractivity contribution >= 4 is 18.0 Å². The Labute approximate surface area is 140 Å². The molecule has 1 aliphatic rings. The van der Waals surface area contributed by atoms with Crippen LogP contribution in [0.3, 0.4) is 0 Å². The van der Waals surface area contributed by atoms with Crippen molar-refractivity contribution in [1.29, 1.82) is 0 Å². The maximum absolute atomic E-state index is 10.4. The molecule has 0 saturated carbocycles. The summed E-state index contributed by atoms with van der Waals surface area (Å²) in [5.41, 5.74) is 0.898. The molecule has 0 amide bonds. The van der Waals surface area contributed by atoms with Crippen LogP contribution >= 0.6 is 0 Å². The minimum Gasteiger partial charge on any atom is -0.455 e. The van der Waals surface area contributed by atoms with Crippen LogP contribution in [0.2, 0.25) is 0 Å². The van der Waals surface area contributed by atoms with Crippen LogP contribution in [0.15, 0.2) is 41.8 Å². The fourth-order valence-corrected chi connectivity index (χ4v) is 1.12. The predicted octanol–water partition coefficient (Wildman–Crippen LogP) is 4.08. The van der Waals surface area contributed by atoms with Crippen LogP contribution in [0.4, 0.5) is 0 Å². The van der Waals surface area contributed by atoms with E-state index in [-0.39, 0.29) is 5.78 Å². The van der Waals surface area contributed by atoms with E-state index >= 15 is 0 Å². The molecule has 0 aromatic heterocycles. The van der Waals surface area contributed by atoms with Crippen LogP contribution < -0.4 is 0 Å². The number of carbonyl (C=O) groups is 2. The Hall–Kier alpha value is -2.17. The molecule has 1 unspecified atom stereocenters. The summed E-state index contributed by atoms with van der Waals surface area (Å²) in [5.74, 6) is -0.0833. The Balaban J connectivity index is 0.